The lowest BCUT2D eigenvalue weighted by atomic mass is 9.88. The van der Waals surface area contributed by atoms with Crippen molar-refractivity contribution in [3.05, 3.63) is 70.8 Å². The van der Waals surface area contributed by atoms with Gasteiger partial charge in [0.05, 0.1) is 13.1 Å². The monoisotopic (exact) mass is 503 g/mol. The van der Waals surface area contributed by atoms with Crippen molar-refractivity contribution in [2.75, 3.05) is 19.6 Å². The number of carbonyl (C=O) groups excluding carboxylic acids is 1. The number of rotatable bonds is 8. The number of nitrogens with two attached hydrogens (primary N) is 1. The van der Waals surface area contributed by atoms with Gasteiger partial charge < -0.3 is 20.4 Å². The molecule has 1 amide bonds. The molecule has 4 N–H and O–H groups in total. The summed E-state index contributed by atoms with van der Waals surface area (Å²) in [4.78, 5) is 15.1. The Morgan fingerprint density at radius 3 is 2.67 bits per heavy atom. The van der Waals surface area contributed by atoms with Crippen LogP contribution in [0, 0.1) is 5.41 Å². The van der Waals surface area contributed by atoms with Gasteiger partial charge in [-0.25, -0.2) is 0 Å². The topological polar surface area (TPSA) is 118 Å². The van der Waals surface area contributed by atoms with Gasteiger partial charge in [0.15, 0.2) is 5.69 Å². The highest BCUT2D eigenvalue weighted by molar-refractivity contribution is 5.99. The molecule has 0 atom stereocenters. The van der Waals surface area contributed by atoms with Crippen molar-refractivity contribution in [3.63, 3.8) is 0 Å². The number of halogens is 3. The predicted octanol–water partition coefficient (Wildman–Crippen LogP) is 2.92. The van der Waals surface area contributed by atoms with E-state index < -0.39 is 11.9 Å². The van der Waals surface area contributed by atoms with E-state index in [9.17, 15) is 18.0 Å². The summed E-state index contributed by atoms with van der Waals surface area (Å²) in [5, 5.41) is 14.6. The lowest BCUT2D eigenvalue weighted by Gasteiger charge is -2.30. The van der Waals surface area contributed by atoms with Crippen molar-refractivity contribution >= 4 is 5.91 Å². The minimum atomic E-state index is -4.66. The number of aromatic nitrogens is 3. The third-order valence-corrected chi connectivity index (χ3v) is 6.00. The van der Waals surface area contributed by atoms with E-state index in [1.165, 1.54) is 21.7 Å². The molecule has 0 saturated heterocycles. The number of nitrogens with zero attached hydrogens (tertiary/aromatic N) is 4. The Morgan fingerprint density at radius 1 is 1.28 bits per heavy atom. The molecule has 1 aliphatic rings. The lowest BCUT2D eigenvalue weighted by molar-refractivity contribution is -0.141. The highest BCUT2D eigenvalue weighted by Crippen LogP contribution is 2.40. The van der Waals surface area contributed by atoms with Gasteiger partial charge in [0, 0.05) is 55.1 Å². The Morgan fingerprint density at radius 2 is 2.03 bits per heavy atom. The van der Waals surface area contributed by atoms with Crippen LogP contribution in [0.1, 0.15) is 41.0 Å². The molecule has 0 bridgehead atoms. The fourth-order valence-electron chi connectivity index (χ4n) is 4.31. The molecule has 192 valence electrons. The minimum Gasteiger partial charge on any atom is -0.432 e. The Labute approximate surface area is 205 Å². The molecule has 36 heavy (non-hydrogen) atoms. The van der Waals surface area contributed by atoms with Crippen LogP contribution in [0.25, 0.3) is 11.1 Å². The first kappa shape index (κ1) is 25.1. The zero-order chi connectivity index (χ0) is 26.0. The van der Waals surface area contributed by atoms with Crippen molar-refractivity contribution in [1.29, 1.82) is 5.41 Å². The first-order chi connectivity index (χ1) is 17.1. The molecule has 12 heteroatoms. The highest BCUT2D eigenvalue weighted by atomic mass is 19.4. The maximum atomic E-state index is 13.9. The number of amides is 1. The molecule has 0 aliphatic carbocycles. The summed E-state index contributed by atoms with van der Waals surface area (Å²) in [5.41, 5.74) is 7.08. The average Bonchev–Trinajstić information content (AvgIpc) is 3.45. The fraction of sp³-hybridized carbons (Fsp3) is 0.375. The van der Waals surface area contributed by atoms with E-state index >= 15 is 0 Å². The number of benzene rings is 1. The predicted molar refractivity (Wildman–Crippen MR) is 126 cm³/mol. The van der Waals surface area contributed by atoms with Crippen LogP contribution in [0.15, 0.2) is 47.1 Å². The van der Waals surface area contributed by atoms with Gasteiger partial charge in [-0.1, -0.05) is 0 Å². The Kier molecular flexibility index (Phi) is 6.95. The van der Waals surface area contributed by atoms with Gasteiger partial charge in [0.2, 0.25) is 0 Å². The largest absolute Gasteiger partial charge is 0.435 e. The molecule has 3 heterocycles. The number of alkyl halides is 3. The molecule has 0 spiro atoms. The van der Waals surface area contributed by atoms with E-state index in [-0.39, 0.29) is 36.8 Å². The summed E-state index contributed by atoms with van der Waals surface area (Å²) in [7, 11) is 0. The van der Waals surface area contributed by atoms with E-state index in [0.29, 0.717) is 47.5 Å². The number of carbonyl (C=O) groups is 1. The van der Waals surface area contributed by atoms with Gasteiger partial charge in [-0.05, 0) is 49.1 Å². The molecule has 4 rings (SSSR count). The Bertz CT molecular complexity index is 1350. The molecule has 0 fully saturated rings. The summed E-state index contributed by atoms with van der Waals surface area (Å²) < 4.78 is 49.6. The molecule has 3 aromatic rings. The quantitative estimate of drug-likeness (QED) is 0.437. The SMILES string of the molecule is CCN/C=C(\N)CN1CCc2c(cc(Cn3ccoc3=N)cc2-c2cn(CC)nc2C(F)(F)F)C1=O. The molecule has 1 aromatic carbocycles. The van der Waals surface area contributed by atoms with E-state index in [0.717, 1.165) is 0 Å². The van der Waals surface area contributed by atoms with Crippen molar-refractivity contribution in [2.45, 2.75) is 39.5 Å². The smallest absolute Gasteiger partial charge is 0.432 e. The fourth-order valence-corrected chi connectivity index (χ4v) is 4.31. The van der Waals surface area contributed by atoms with Gasteiger partial charge in [0.25, 0.3) is 11.6 Å². The first-order valence-corrected chi connectivity index (χ1v) is 11.6. The molecule has 1 aliphatic heterocycles. The van der Waals surface area contributed by atoms with E-state index in [2.05, 4.69) is 10.4 Å². The zero-order valence-corrected chi connectivity index (χ0v) is 20.0. The summed E-state index contributed by atoms with van der Waals surface area (Å²) in [6.07, 6.45) is 1.62. The zero-order valence-electron chi connectivity index (χ0n) is 20.0. The minimum absolute atomic E-state index is 0.0708. The molecule has 0 unspecified atom stereocenters. The molecular formula is C24H28F3N7O2. The van der Waals surface area contributed by atoms with Gasteiger partial charge >= 0.3 is 6.18 Å². The standard InChI is InChI=1S/C24H28F3N7O2/c1-3-30-11-16(28)13-32-6-5-17-18(20-14-34(4-2)31-21(20)24(25,26)27)9-15(10-19(17)22(32)35)12-33-7-8-36-23(33)29/h7-11,14,29-30H,3-6,12-13,28H2,1-2H3/b16-11-,29-23?. The first-order valence-electron chi connectivity index (χ1n) is 11.6. The van der Waals surface area contributed by atoms with E-state index in [1.807, 2.05) is 6.92 Å². The summed E-state index contributed by atoms with van der Waals surface area (Å²) in [6, 6.07) is 3.32. The molecule has 2 aromatic heterocycles. The second-order valence-corrected chi connectivity index (χ2v) is 8.50. The number of hydrogen-bond acceptors (Lipinski definition) is 6. The van der Waals surface area contributed by atoms with Crippen molar-refractivity contribution in [1.82, 2.24) is 24.6 Å². The molecule has 0 radical (unpaired) electrons. The molecule has 9 nitrogen and oxygen atoms in total. The molecular weight excluding hydrogens is 475 g/mol. The number of oxazole rings is 1. The normalized spacial score (nSPS) is 14.3. The van der Waals surface area contributed by atoms with Crippen LogP contribution in [0.3, 0.4) is 0 Å². The number of nitrogens with one attached hydrogen (secondary N) is 2. The van der Waals surface area contributed by atoms with Crippen LogP contribution in [0.2, 0.25) is 0 Å². The second kappa shape index (κ2) is 9.96. The van der Waals surface area contributed by atoms with Gasteiger partial charge in [-0.15, -0.1) is 0 Å². The number of hydrogen-bond donors (Lipinski definition) is 3. The lowest BCUT2D eigenvalue weighted by Crippen LogP contribution is -2.40. The van der Waals surface area contributed by atoms with Gasteiger partial charge in [0.1, 0.15) is 6.26 Å². The van der Waals surface area contributed by atoms with Crippen LogP contribution >= 0.6 is 0 Å². The van der Waals surface area contributed by atoms with Crippen LogP contribution < -0.4 is 16.7 Å². The Hall–Kier alpha value is -3.96. The summed E-state index contributed by atoms with van der Waals surface area (Å²) in [5.74, 6) is -0.313. The molecule has 0 saturated carbocycles. The number of fused-ring (bicyclic) bond motifs is 1. The van der Waals surface area contributed by atoms with Crippen molar-refractivity contribution in [2.24, 2.45) is 5.73 Å². The van der Waals surface area contributed by atoms with E-state index in [1.54, 1.807) is 36.4 Å². The summed E-state index contributed by atoms with van der Waals surface area (Å²) >= 11 is 0. The maximum Gasteiger partial charge on any atom is 0.435 e. The van der Waals surface area contributed by atoms with E-state index in [4.69, 9.17) is 15.6 Å². The van der Waals surface area contributed by atoms with Crippen molar-refractivity contribution in [3.8, 4) is 11.1 Å². The Balaban J connectivity index is 1.84. The van der Waals surface area contributed by atoms with Crippen LogP contribution in [-0.2, 0) is 25.7 Å². The third kappa shape index (κ3) is 5.02. The van der Waals surface area contributed by atoms with Crippen LogP contribution in [0.5, 0.6) is 0 Å². The van der Waals surface area contributed by atoms with Crippen molar-refractivity contribution < 1.29 is 22.4 Å². The maximum absolute atomic E-state index is 13.9. The third-order valence-electron chi connectivity index (χ3n) is 6.00. The second-order valence-electron chi connectivity index (χ2n) is 8.50. The average molecular weight is 504 g/mol. The highest BCUT2D eigenvalue weighted by Gasteiger charge is 2.39. The van der Waals surface area contributed by atoms with Gasteiger partial charge in [-0.2, -0.15) is 18.3 Å². The number of aryl methyl sites for hydroxylation is 1. The van der Waals surface area contributed by atoms with Crippen LogP contribution in [-0.4, -0.2) is 44.8 Å². The van der Waals surface area contributed by atoms with Crippen LogP contribution in [0.4, 0.5) is 13.2 Å². The summed E-state index contributed by atoms with van der Waals surface area (Å²) in [6.45, 7) is 5.24. The van der Waals surface area contributed by atoms with Gasteiger partial charge in [-0.3, -0.25) is 19.5 Å².